The number of esters is 1. The van der Waals surface area contributed by atoms with Crippen molar-refractivity contribution in [1.82, 2.24) is 9.55 Å². The van der Waals surface area contributed by atoms with Gasteiger partial charge in [0.1, 0.15) is 22.1 Å². The number of ether oxygens (including phenoxy) is 1. The standard InChI is InChI=1S/C13H14N2O5S/c1-4-20-13(19)10-6(2)9-11(21-10)14-7(3)15(12(9)18)5-8(16)17/h4-5H2,1-3H3,(H,16,17). The van der Waals surface area contributed by atoms with Crippen molar-refractivity contribution in [1.29, 1.82) is 0 Å². The summed E-state index contributed by atoms with van der Waals surface area (Å²) in [6, 6.07) is 0. The molecule has 0 unspecified atom stereocenters. The number of nitrogens with zero attached hydrogens (tertiary/aromatic N) is 2. The number of carboxylic acids is 1. The summed E-state index contributed by atoms with van der Waals surface area (Å²) in [5.41, 5.74) is 0.0225. The Hall–Kier alpha value is -2.22. The van der Waals surface area contributed by atoms with Crippen LogP contribution in [0, 0.1) is 13.8 Å². The number of carboxylic acid groups (broad SMARTS) is 1. The molecule has 0 fully saturated rings. The maximum absolute atomic E-state index is 12.4. The lowest BCUT2D eigenvalue weighted by Gasteiger charge is -2.06. The van der Waals surface area contributed by atoms with Gasteiger partial charge in [0.15, 0.2) is 0 Å². The second kappa shape index (κ2) is 5.65. The van der Waals surface area contributed by atoms with Crippen molar-refractivity contribution in [2.45, 2.75) is 27.3 Å². The van der Waals surface area contributed by atoms with Crippen LogP contribution in [-0.2, 0) is 16.1 Å². The summed E-state index contributed by atoms with van der Waals surface area (Å²) in [6.45, 7) is 4.67. The molecule has 2 heterocycles. The molecule has 0 bridgehead atoms. The number of carbonyl (C=O) groups excluding carboxylic acids is 1. The first-order chi connectivity index (χ1) is 9.86. The van der Waals surface area contributed by atoms with Crippen LogP contribution in [-0.4, -0.2) is 33.2 Å². The molecule has 0 aliphatic heterocycles. The molecular weight excluding hydrogens is 296 g/mol. The highest BCUT2D eigenvalue weighted by atomic mass is 32.1. The molecule has 7 nitrogen and oxygen atoms in total. The van der Waals surface area contributed by atoms with E-state index in [1.54, 1.807) is 20.8 Å². The fourth-order valence-corrected chi connectivity index (χ4v) is 3.14. The predicted octanol–water partition coefficient (Wildman–Crippen LogP) is 1.34. The van der Waals surface area contributed by atoms with Gasteiger partial charge in [-0.1, -0.05) is 0 Å². The van der Waals surface area contributed by atoms with Crippen molar-refractivity contribution >= 4 is 33.5 Å². The number of aromatic nitrogens is 2. The van der Waals surface area contributed by atoms with E-state index in [1.165, 1.54) is 0 Å². The molecule has 8 heteroatoms. The number of rotatable bonds is 4. The average Bonchev–Trinajstić information content (AvgIpc) is 2.71. The number of hydrogen-bond acceptors (Lipinski definition) is 6. The molecule has 0 radical (unpaired) electrons. The monoisotopic (exact) mass is 310 g/mol. The van der Waals surface area contributed by atoms with Crippen molar-refractivity contribution in [2.75, 3.05) is 6.61 Å². The summed E-state index contributed by atoms with van der Waals surface area (Å²) >= 11 is 1.08. The SMILES string of the molecule is CCOC(=O)c1sc2nc(C)n(CC(=O)O)c(=O)c2c1C. The first-order valence-corrected chi connectivity index (χ1v) is 7.07. The smallest absolute Gasteiger partial charge is 0.348 e. The highest BCUT2D eigenvalue weighted by Gasteiger charge is 2.21. The lowest BCUT2D eigenvalue weighted by molar-refractivity contribution is -0.137. The fraction of sp³-hybridized carbons (Fsp3) is 0.385. The number of thiophene rings is 1. The number of fused-ring (bicyclic) bond motifs is 1. The second-order valence-electron chi connectivity index (χ2n) is 4.40. The van der Waals surface area contributed by atoms with Gasteiger partial charge in [0, 0.05) is 0 Å². The van der Waals surface area contributed by atoms with Gasteiger partial charge in [-0.15, -0.1) is 11.3 Å². The number of carbonyl (C=O) groups is 2. The molecule has 1 N–H and O–H groups in total. The van der Waals surface area contributed by atoms with Gasteiger partial charge in [-0.05, 0) is 26.3 Å². The van der Waals surface area contributed by atoms with Gasteiger partial charge in [0.2, 0.25) is 0 Å². The van der Waals surface area contributed by atoms with E-state index >= 15 is 0 Å². The Kier molecular flexibility index (Phi) is 4.08. The summed E-state index contributed by atoms with van der Waals surface area (Å²) in [5.74, 6) is -1.33. The highest BCUT2D eigenvalue weighted by Crippen LogP contribution is 2.27. The molecule has 0 aliphatic rings. The van der Waals surface area contributed by atoms with E-state index < -0.39 is 24.0 Å². The number of aliphatic carboxylic acids is 1. The third-order valence-corrected chi connectivity index (χ3v) is 4.16. The minimum absolute atomic E-state index is 0.238. The molecule has 2 aromatic heterocycles. The Balaban J connectivity index is 2.70. The van der Waals surface area contributed by atoms with Gasteiger partial charge in [0.25, 0.3) is 5.56 Å². The van der Waals surface area contributed by atoms with Crippen LogP contribution < -0.4 is 5.56 Å². The van der Waals surface area contributed by atoms with Crippen LogP contribution >= 0.6 is 11.3 Å². The van der Waals surface area contributed by atoms with Crippen LogP contribution in [0.5, 0.6) is 0 Å². The van der Waals surface area contributed by atoms with Gasteiger partial charge < -0.3 is 9.84 Å². The van der Waals surface area contributed by atoms with E-state index in [2.05, 4.69) is 4.98 Å². The molecule has 0 saturated heterocycles. The van der Waals surface area contributed by atoms with E-state index in [9.17, 15) is 14.4 Å². The Morgan fingerprint density at radius 3 is 2.62 bits per heavy atom. The molecule has 112 valence electrons. The van der Waals surface area contributed by atoms with Gasteiger partial charge in [0.05, 0.1) is 12.0 Å². The molecule has 0 aliphatic carbocycles. The highest BCUT2D eigenvalue weighted by molar-refractivity contribution is 7.20. The molecule has 0 saturated carbocycles. The topological polar surface area (TPSA) is 98.5 Å². The number of hydrogen-bond donors (Lipinski definition) is 1. The van der Waals surface area contributed by atoms with Crippen molar-refractivity contribution in [3.63, 3.8) is 0 Å². The van der Waals surface area contributed by atoms with Crippen molar-refractivity contribution in [3.05, 3.63) is 26.6 Å². The van der Waals surface area contributed by atoms with E-state index in [1.807, 2.05) is 0 Å². The quantitative estimate of drug-likeness (QED) is 0.856. The van der Waals surface area contributed by atoms with Crippen LogP contribution in [0.1, 0.15) is 28.0 Å². The number of aryl methyl sites for hydroxylation is 2. The molecule has 2 aromatic rings. The summed E-state index contributed by atoms with van der Waals surface area (Å²) in [7, 11) is 0. The van der Waals surface area contributed by atoms with E-state index in [0.717, 1.165) is 15.9 Å². The van der Waals surface area contributed by atoms with Crippen molar-refractivity contribution in [2.24, 2.45) is 0 Å². The minimum Gasteiger partial charge on any atom is -0.480 e. The molecule has 0 aromatic carbocycles. The third kappa shape index (κ3) is 2.66. The molecule has 0 amide bonds. The molecule has 21 heavy (non-hydrogen) atoms. The summed E-state index contributed by atoms with van der Waals surface area (Å²) in [6.07, 6.45) is 0. The van der Waals surface area contributed by atoms with Crippen LogP contribution in [0.3, 0.4) is 0 Å². The Labute approximate surface area is 123 Å². The van der Waals surface area contributed by atoms with Crippen LogP contribution in [0.2, 0.25) is 0 Å². The second-order valence-corrected chi connectivity index (χ2v) is 5.40. The average molecular weight is 310 g/mol. The molecule has 2 rings (SSSR count). The van der Waals surface area contributed by atoms with Crippen molar-refractivity contribution in [3.8, 4) is 0 Å². The molecular formula is C13H14N2O5S. The van der Waals surface area contributed by atoms with E-state index in [0.29, 0.717) is 21.1 Å². The third-order valence-electron chi connectivity index (χ3n) is 3.00. The lowest BCUT2D eigenvalue weighted by Crippen LogP contribution is -2.27. The van der Waals surface area contributed by atoms with Crippen LogP contribution in [0.25, 0.3) is 10.2 Å². The zero-order chi connectivity index (χ0) is 15.7. The first kappa shape index (κ1) is 15.2. The Bertz CT molecular complexity index is 790. The summed E-state index contributed by atoms with van der Waals surface area (Å²) in [5, 5.41) is 9.13. The Morgan fingerprint density at radius 2 is 2.05 bits per heavy atom. The van der Waals surface area contributed by atoms with Gasteiger partial charge in [-0.25, -0.2) is 9.78 Å². The van der Waals surface area contributed by atoms with Gasteiger partial charge in [-0.3, -0.25) is 14.2 Å². The first-order valence-electron chi connectivity index (χ1n) is 6.26. The predicted molar refractivity (Wildman–Crippen MR) is 76.9 cm³/mol. The fourth-order valence-electron chi connectivity index (χ4n) is 2.03. The normalized spacial score (nSPS) is 10.8. The zero-order valence-electron chi connectivity index (χ0n) is 11.8. The maximum Gasteiger partial charge on any atom is 0.348 e. The lowest BCUT2D eigenvalue weighted by atomic mass is 10.2. The minimum atomic E-state index is -1.13. The molecule has 0 atom stereocenters. The van der Waals surface area contributed by atoms with Crippen molar-refractivity contribution < 1.29 is 19.4 Å². The Morgan fingerprint density at radius 1 is 1.38 bits per heavy atom. The van der Waals surface area contributed by atoms with Crippen LogP contribution in [0.15, 0.2) is 4.79 Å². The zero-order valence-corrected chi connectivity index (χ0v) is 12.6. The maximum atomic E-state index is 12.4. The van der Waals surface area contributed by atoms with Gasteiger partial charge >= 0.3 is 11.9 Å². The summed E-state index contributed by atoms with van der Waals surface area (Å²) in [4.78, 5) is 40.1. The van der Waals surface area contributed by atoms with E-state index in [-0.39, 0.29) is 12.0 Å². The van der Waals surface area contributed by atoms with E-state index in [4.69, 9.17) is 9.84 Å². The van der Waals surface area contributed by atoms with Crippen LogP contribution in [0.4, 0.5) is 0 Å². The van der Waals surface area contributed by atoms with Gasteiger partial charge in [-0.2, -0.15) is 0 Å². The molecule has 0 spiro atoms. The summed E-state index contributed by atoms with van der Waals surface area (Å²) < 4.78 is 6.03. The largest absolute Gasteiger partial charge is 0.480 e.